The predicted octanol–water partition coefficient (Wildman–Crippen LogP) is 3.79. The molecule has 124 valence electrons. The minimum absolute atomic E-state index is 0.127. The number of fused-ring (bicyclic) bond motifs is 1. The van der Waals surface area contributed by atoms with Crippen LogP contribution in [0.3, 0.4) is 0 Å². The van der Waals surface area contributed by atoms with Crippen molar-refractivity contribution in [2.45, 2.75) is 25.0 Å². The van der Waals surface area contributed by atoms with Gasteiger partial charge < -0.3 is 5.73 Å². The highest BCUT2D eigenvalue weighted by atomic mass is 32.3. The van der Waals surface area contributed by atoms with E-state index < -0.39 is 10.8 Å². The summed E-state index contributed by atoms with van der Waals surface area (Å²) in [6.07, 6.45) is 4.76. The molecule has 0 radical (unpaired) electrons. The summed E-state index contributed by atoms with van der Waals surface area (Å²) in [5.74, 6) is 0.127. The van der Waals surface area contributed by atoms with Crippen molar-refractivity contribution < 1.29 is 9.11 Å². The van der Waals surface area contributed by atoms with Crippen molar-refractivity contribution in [3.8, 4) is 0 Å². The maximum absolute atomic E-state index is 11.1. The zero-order valence-electron chi connectivity index (χ0n) is 13.2. The standard InChI is InChI=1S/C17H23N3O2S/c1-13(6-9-18)17-12-14-4-2-3-5-16(14)20(23(17,21)22)15-7-10-19-11-8-15/h2-5,7-8,10-11,13,17,21-22H,6,9,12,18H2,1H3. The van der Waals surface area contributed by atoms with Crippen LogP contribution in [0.5, 0.6) is 0 Å². The largest absolute Gasteiger partial charge is 0.330 e. The number of nitrogens with zero attached hydrogens (tertiary/aromatic N) is 2. The Bertz CT molecular complexity index is 666. The van der Waals surface area contributed by atoms with Crippen molar-refractivity contribution in [3.05, 3.63) is 54.4 Å². The SMILES string of the molecule is CC(CCN)C1Cc2ccccc2N(c2ccncc2)S1(O)O. The summed E-state index contributed by atoms with van der Waals surface area (Å²) in [6.45, 7) is 2.59. The summed E-state index contributed by atoms with van der Waals surface area (Å²) in [6, 6.07) is 11.5. The highest BCUT2D eigenvalue weighted by Gasteiger charge is 2.41. The molecule has 0 fully saturated rings. The second kappa shape index (κ2) is 6.49. The first-order valence-corrected chi connectivity index (χ1v) is 9.37. The molecule has 4 N–H and O–H groups in total. The molecule has 1 aliphatic heterocycles. The van der Waals surface area contributed by atoms with Crippen molar-refractivity contribution in [1.82, 2.24) is 4.98 Å². The Balaban J connectivity index is 2.11. The first-order chi connectivity index (χ1) is 11.1. The second-order valence-corrected chi connectivity index (χ2v) is 8.08. The fourth-order valence-corrected chi connectivity index (χ4v) is 5.56. The number of aromatic nitrogens is 1. The second-order valence-electron chi connectivity index (χ2n) is 5.99. The van der Waals surface area contributed by atoms with Gasteiger partial charge in [-0.2, -0.15) is 0 Å². The van der Waals surface area contributed by atoms with Gasteiger partial charge in [0, 0.05) is 12.4 Å². The van der Waals surface area contributed by atoms with Crippen LogP contribution in [0.4, 0.5) is 11.4 Å². The summed E-state index contributed by atoms with van der Waals surface area (Å²) < 4.78 is 23.9. The van der Waals surface area contributed by atoms with E-state index in [0.717, 1.165) is 23.4 Å². The maximum Gasteiger partial charge on any atom is 0.0759 e. The van der Waals surface area contributed by atoms with E-state index in [4.69, 9.17) is 5.73 Å². The third-order valence-corrected chi connectivity index (χ3v) is 6.85. The van der Waals surface area contributed by atoms with E-state index >= 15 is 0 Å². The molecule has 2 atom stereocenters. The number of nitrogens with two attached hydrogens (primary N) is 1. The van der Waals surface area contributed by atoms with Crippen LogP contribution in [0.25, 0.3) is 0 Å². The van der Waals surface area contributed by atoms with Crippen molar-refractivity contribution in [3.63, 3.8) is 0 Å². The first kappa shape index (κ1) is 16.3. The molecule has 1 aliphatic rings. The molecule has 2 unspecified atom stereocenters. The topological polar surface area (TPSA) is 82.6 Å². The lowest BCUT2D eigenvalue weighted by Gasteiger charge is -2.54. The lowest BCUT2D eigenvalue weighted by molar-refractivity contribution is 0.414. The van der Waals surface area contributed by atoms with Gasteiger partial charge in [-0.1, -0.05) is 25.1 Å². The van der Waals surface area contributed by atoms with E-state index in [1.807, 2.05) is 25.1 Å². The zero-order valence-corrected chi connectivity index (χ0v) is 14.0. The molecule has 3 rings (SSSR count). The monoisotopic (exact) mass is 333 g/mol. The molecule has 2 aromatic rings. The van der Waals surface area contributed by atoms with Crippen LogP contribution < -0.4 is 10.0 Å². The molecule has 0 bridgehead atoms. The van der Waals surface area contributed by atoms with Crippen LogP contribution in [0.15, 0.2) is 48.8 Å². The third-order valence-electron chi connectivity index (χ3n) is 4.46. The van der Waals surface area contributed by atoms with E-state index in [2.05, 4.69) is 11.1 Å². The Labute approximate surface area is 138 Å². The smallest absolute Gasteiger partial charge is 0.0759 e. The number of pyridine rings is 1. The molecule has 5 nitrogen and oxygen atoms in total. The van der Waals surface area contributed by atoms with Crippen molar-refractivity contribution in [2.75, 3.05) is 10.8 Å². The lowest BCUT2D eigenvalue weighted by atomic mass is 9.96. The quantitative estimate of drug-likeness (QED) is 0.793. The number of benzene rings is 1. The average molecular weight is 333 g/mol. The maximum atomic E-state index is 11.1. The molecule has 23 heavy (non-hydrogen) atoms. The van der Waals surface area contributed by atoms with Gasteiger partial charge in [-0.25, -0.2) is 4.31 Å². The van der Waals surface area contributed by atoms with Crippen molar-refractivity contribution in [1.29, 1.82) is 0 Å². The number of anilines is 2. The summed E-state index contributed by atoms with van der Waals surface area (Å²) in [5.41, 5.74) is 8.42. The molecule has 2 heterocycles. The summed E-state index contributed by atoms with van der Waals surface area (Å²) in [4.78, 5) is 4.03. The first-order valence-electron chi connectivity index (χ1n) is 7.81. The van der Waals surface area contributed by atoms with Gasteiger partial charge in [-0.3, -0.25) is 14.1 Å². The van der Waals surface area contributed by atoms with E-state index in [1.54, 1.807) is 28.8 Å². The predicted molar refractivity (Wildman–Crippen MR) is 96.0 cm³/mol. The van der Waals surface area contributed by atoms with Gasteiger partial charge in [-0.05, 0) is 49.1 Å². The minimum Gasteiger partial charge on any atom is -0.330 e. The number of para-hydroxylation sites is 1. The van der Waals surface area contributed by atoms with E-state index in [9.17, 15) is 9.11 Å². The van der Waals surface area contributed by atoms with Crippen LogP contribution >= 0.6 is 10.8 Å². The van der Waals surface area contributed by atoms with Crippen LogP contribution in [0.1, 0.15) is 18.9 Å². The Morgan fingerprint density at radius 3 is 2.65 bits per heavy atom. The molecule has 0 spiro atoms. The Morgan fingerprint density at radius 1 is 1.26 bits per heavy atom. The molecular formula is C17H23N3O2S. The lowest BCUT2D eigenvalue weighted by Crippen LogP contribution is -2.41. The summed E-state index contributed by atoms with van der Waals surface area (Å²) in [7, 11) is -3.00. The highest BCUT2D eigenvalue weighted by Crippen LogP contribution is 2.61. The number of rotatable bonds is 4. The molecule has 0 saturated carbocycles. The van der Waals surface area contributed by atoms with Gasteiger partial charge in [0.2, 0.25) is 0 Å². The molecular weight excluding hydrogens is 310 g/mol. The van der Waals surface area contributed by atoms with E-state index in [-0.39, 0.29) is 11.2 Å². The van der Waals surface area contributed by atoms with E-state index in [0.29, 0.717) is 13.0 Å². The van der Waals surface area contributed by atoms with Gasteiger partial charge >= 0.3 is 0 Å². The van der Waals surface area contributed by atoms with E-state index in [1.165, 1.54) is 0 Å². The Kier molecular flexibility index (Phi) is 4.59. The third kappa shape index (κ3) is 2.95. The van der Waals surface area contributed by atoms with Gasteiger partial charge in [-0.15, -0.1) is 10.8 Å². The van der Waals surface area contributed by atoms with Crippen LogP contribution in [-0.4, -0.2) is 25.9 Å². The fraction of sp³-hybridized carbons (Fsp3) is 0.353. The van der Waals surface area contributed by atoms with Crippen LogP contribution in [0, 0.1) is 5.92 Å². The van der Waals surface area contributed by atoms with Gasteiger partial charge in [0.15, 0.2) is 0 Å². The Hall–Kier alpha value is -1.60. The Morgan fingerprint density at radius 2 is 1.96 bits per heavy atom. The summed E-state index contributed by atoms with van der Waals surface area (Å²) >= 11 is 0. The van der Waals surface area contributed by atoms with Gasteiger partial charge in [0.1, 0.15) is 0 Å². The molecule has 0 amide bonds. The molecule has 1 aromatic heterocycles. The normalized spacial score (nSPS) is 22.3. The van der Waals surface area contributed by atoms with Gasteiger partial charge in [0.05, 0.1) is 16.6 Å². The summed E-state index contributed by atoms with van der Waals surface area (Å²) in [5, 5.41) is -0.242. The van der Waals surface area contributed by atoms with Crippen LogP contribution in [-0.2, 0) is 6.42 Å². The number of hydrogen-bond acceptors (Lipinski definition) is 5. The molecule has 0 saturated heterocycles. The van der Waals surface area contributed by atoms with Gasteiger partial charge in [0.25, 0.3) is 0 Å². The molecule has 6 heteroatoms. The highest BCUT2D eigenvalue weighted by molar-refractivity contribution is 8.26. The van der Waals surface area contributed by atoms with Crippen molar-refractivity contribution in [2.24, 2.45) is 11.7 Å². The van der Waals surface area contributed by atoms with Crippen LogP contribution in [0.2, 0.25) is 0 Å². The molecule has 1 aromatic carbocycles. The minimum atomic E-state index is -3.00. The average Bonchev–Trinajstić information content (AvgIpc) is 2.54. The van der Waals surface area contributed by atoms with Crippen molar-refractivity contribution >= 4 is 22.2 Å². The number of hydrogen-bond donors (Lipinski definition) is 3. The zero-order chi connectivity index (χ0) is 16.4. The molecule has 0 aliphatic carbocycles. The fourth-order valence-electron chi connectivity index (χ4n) is 3.23.